The van der Waals surface area contributed by atoms with Crippen LogP contribution in [0.5, 0.6) is 5.75 Å². The lowest BCUT2D eigenvalue weighted by Crippen LogP contribution is -2.09. The highest BCUT2D eigenvalue weighted by atomic mass is 16.5. The maximum Gasteiger partial charge on any atom is 0.343 e. The number of aromatic nitrogens is 2. The van der Waals surface area contributed by atoms with Gasteiger partial charge in [-0.05, 0) is 56.3 Å². The molecule has 0 radical (unpaired) electrons. The van der Waals surface area contributed by atoms with E-state index in [9.17, 15) is 9.59 Å². The molecule has 1 heterocycles. The zero-order chi connectivity index (χ0) is 18.0. The van der Waals surface area contributed by atoms with E-state index in [4.69, 9.17) is 4.74 Å². The van der Waals surface area contributed by atoms with Crippen molar-refractivity contribution in [1.29, 1.82) is 0 Å². The van der Waals surface area contributed by atoms with Crippen LogP contribution in [-0.4, -0.2) is 29.0 Å². The number of benzene rings is 2. The zero-order valence-corrected chi connectivity index (χ0v) is 14.1. The van der Waals surface area contributed by atoms with Crippen molar-refractivity contribution >= 4 is 23.0 Å². The predicted octanol–water partition coefficient (Wildman–Crippen LogP) is 3.25. The molecule has 0 saturated heterocycles. The Kier molecular flexibility index (Phi) is 4.43. The SMILES string of the molecule is COC(=O)c1ccc(OC(=O)c2ccc3nc(C)c(C)nc3c2)cc1. The molecule has 0 bridgehead atoms. The number of aryl methyl sites for hydroxylation is 2. The fourth-order valence-electron chi connectivity index (χ4n) is 2.30. The Balaban J connectivity index is 1.82. The number of rotatable bonds is 3. The average molecular weight is 336 g/mol. The molecule has 25 heavy (non-hydrogen) atoms. The Morgan fingerprint density at radius 2 is 1.40 bits per heavy atom. The van der Waals surface area contributed by atoms with E-state index in [0.717, 1.165) is 16.9 Å². The number of nitrogens with zero attached hydrogens (tertiary/aromatic N) is 2. The van der Waals surface area contributed by atoms with Gasteiger partial charge in [-0.3, -0.25) is 0 Å². The summed E-state index contributed by atoms with van der Waals surface area (Å²) in [6.45, 7) is 3.76. The lowest BCUT2D eigenvalue weighted by atomic mass is 10.2. The molecular weight excluding hydrogens is 320 g/mol. The standard InChI is InChI=1S/C19H16N2O4/c1-11-12(2)21-17-10-14(6-9-16(17)20-11)19(23)25-15-7-4-13(5-8-15)18(22)24-3/h4-10H,1-3H3. The van der Waals surface area contributed by atoms with Gasteiger partial charge in [-0.2, -0.15) is 0 Å². The van der Waals surface area contributed by atoms with Crippen LogP contribution >= 0.6 is 0 Å². The van der Waals surface area contributed by atoms with Gasteiger partial charge >= 0.3 is 11.9 Å². The van der Waals surface area contributed by atoms with Crippen LogP contribution < -0.4 is 4.74 Å². The van der Waals surface area contributed by atoms with E-state index in [2.05, 4.69) is 14.7 Å². The van der Waals surface area contributed by atoms with Gasteiger partial charge in [0.25, 0.3) is 0 Å². The van der Waals surface area contributed by atoms with E-state index in [-0.39, 0.29) is 0 Å². The van der Waals surface area contributed by atoms with Crippen LogP contribution in [-0.2, 0) is 4.74 Å². The summed E-state index contributed by atoms with van der Waals surface area (Å²) < 4.78 is 9.96. The van der Waals surface area contributed by atoms with Crippen molar-refractivity contribution in [3.05, 3.63) is 65.0 Å². The van der Waals surface area contributed by atoms with E-state index < -0.39 is 11.9 Å². The number of fused-ring (bicyclic) bond motifs is 1. The Morgan fingerprint density at radius 3 is 2.04 bits per heavy atom. The normalized spacial score (nSPS) is 10.5. The third-order valence-electron chi connectivity index (χ3n) is 3.80. The minimum Gasteiger partial charge on any atom is -0.465 e. The summed E-state index contributed by atoms with van der Waals surface area (Å²) in [5.74, 6) is -0.617. The Hall–Kier alpha value is -3.28. The first kappa shape index (κ1) is 16.6. The second kappa shape index (κ2) is 6.68. The summed E-state index contributed by atoms with van der Waals surface area (Å²) in [5, 5.41) is 0. The molecule has 0 spiro atoms. The number of esters is 2. The Bertz CT molecular complexity index is 965. The maximum absolute atomic E-state index is 12.3. The second-order valence-electron chi connectivity index (χ2n) is 5.50. The first-order chi connectivity index (χ1) is 12.0. The molecule has 0 aliphatic heterocycles. The average Bonchev–Trinajstić information content (AvgIpc) is 2.62. The van der Waals surface area contributed by atoms with Crippen molar-refractivity contribution in [2.45, 2.75) is 13.8 Å². The lowest BCUT2D eigenvalue weighted by molar-refractivity contribution is 0.0600. The van der Waals surface area contributed by atoms with Crippen LogP contribution in [0.3, 0.4) is 0 Å². The summed E-state index contributed by atoms with van der Waals surface area (Å²) in [7, 11) is 1.31. The molecule has 0 unspecified atom stereocenters. The van der Waals surface area contributed by atoms with Gasteiger partial charge in [0.1, 0.15) is 5.75 Å². The molecule has 0 saturated carbocycles. The molecule has 0 aliphatic carbocycles. The molecule has 6 nitrogen and oxygen atoms in total. The van der Waals surface area contributed by atoms with Crippen molar-refractivity contribution in [3.63, 3.8) is 0 Å². The van der Waals surface area contributed by atoms with Crippen LogP contribution in [0, 0.1) is 13.8 Å². The van der Waals surface area contributed by atoms with E-state index in [1.807, 2.05) is 13.8 Å². The number of carbonyl (C=O) groups is 2. The topological polar surface area (TPSA) is 78.4 Å². The molecule has 0 atom stereocenters. The largest absolute Gasteiger partial charge is 0.465 e. The third-order valence-corrected chi connectivity index (χ3v) is 3.80. The molecule has 1 aromatic heterocycles. The predicted molar refractivity (Wildman–Crippen MR) is 91.8 cm³/mol. The Labute approximate surface area is 144 Å². The van der Waals surface area contributed by atoms with Crippen LogP contribution in [0.4, 0.5) is 0 Å². The fraction of sp³-hybridized carbons (Fsp3) is 0.158. The highest BCUT2D eigenvalue weighted by Crippen LogP contribution is 2.18. The van der Waals surface area contributed by atoms with Gasteiger partial charge in [0, 0.05) is 0 Å². The summed E-state index contributed by atoms with van der Waals surface area (Å²) in [5.41, 5.74) is 3.79. The molecule has 6 heteroatoms. The van der Waals surface area contributed by atoms with Crippen molar-refractivity contribution in [2.24, 2.45) is 0 Å². The Morgan fingerprint density at radius 1 is 0.800 bits per heavy atom. The monoisotopic (exact) mass is 336 g/mol. The second-order valence-corrected chi connectivity index (χ2v) is 5.50. The number of ether oxygens (including phenoxy) is 2. The zero-order valence-electron chi connectivity index (χ0n) is 14.1. The summed E-state index contributed by atoms with van der Waals surface area (Å²) in [6, 6.07) is 11.2. The minimum absolute atomic E-state index is 0.337. The van der Waals surface area contributed by atoms with Gasteiger partial charge in [0.2, 0.25) is 0 Å². The van der Waals surface area contributed by atoms with Gasteiger partial charge < -0.3 is 9.47 Å². The van der Waals surface area contributed by atoms with Crippen LogP contribution in [0.15, 0.2) is 42.5 Å². The molecule has 3 rings (SSSR count). The van der Waals surface area contributed by atoms with E-state index in [1.165, 1.54) is 19.2 Å². The fourth-order valence-corrected chi connectivity index (χ4v) is 2.30. The number of carbonyl (C=O) groups excluding carboxylic acids is 2. The van der Waals surface area contributed by atoms with E-state index in [0.29, 0.717) is 22.4 Å². The van der Waals surface area contributed by atoms with E-state index >= 15 is 0 Å². The van der Waals surface area contributed by atoms with E-state index in [1.54, 1.807) is 30.3 Å². The van der Waals surface area contributed by atoms with Gasteiger partial charge in [0.15, 0.2) is 0 Å². The highest BCUT2D eigenvalue weighted by Gasteiger charge is 2.12. The van der Waals surface area contributed by atoms with Gasteiger partial charge in [-0.25, -0.2) is 19.6 Å². The van der Waals surface area contributed by atoms with Crippen molar-refractivity contribution < 1.29 is 19.1 Å². The summed E-state index contributed by atoms with van der Waals surface area (Å²) in [4.78, 5) is 32.6. The lowest BCUT2D eigenvalue weighted by Gasteiger charge is -2.07. The first-order valence-electron chi connectivity index (χ1n) is 7.63. The van der Waals surface area contributed by atoms with Gasteiger partial charge in [-0.15, -0.1) is 0 Å². The molecule has 0 aliphatic rings. The van der Waals surface area contributed by atoms with Gasteiger partial charge in [-0.1, -0.05) is 0 Å². The molecule has 0 N–H and O–H groups in total. The van der Waals surface area contributed by atoms with Crippen molar-refractivity contribution in [1.82, 2.24) is 9.97 Å². The van der Waals surface area contributed by atoms with Gasteiger partial charge in [0.05, 0.1) is 40.7 Å². The van der Waals surface area contributed by atoms with Crippen molar-refractivity contribution in [2.75, 3.05) is 7.11 Å². The smallest absolute Gasteiger partial charge is 0.343 e. The maximum atomic E-state index is 12.3. The van der Waals surface area contributed by atoms with Crippen LogP contribution in [0.2, 0.25) is 0 Å². The van der Waals surface area contributed by atoms with Crippen LogP contribution in [0.25, 0.3) is 11.0 Å². The molecule has 2 aromatic carbocycles. The third kappa shape index (κ3) is 3.47. The molecule has 126 valence electrons. The first-order valence-corrected chi connectivity index (χ1v) is 7.63. The number of hydrogen-bond donors (Lipinski definition) is 0. The van der Waals surface area contributed by atoms with Crippen molar-refractivity contribution in [3.8, 4) is 5.75 Å². The molecule has 0 fully saturated rings. The summed E-state index contributed by atoms with van der Waals surface area (Å²) >= 11 is 0. The number of methoxy groups -OCH3 is 1. The van der Waals surface area contributed by atoms with Crippen LogP contribution in [0.1, 0.15) is 32.1 Å². The molecule has 0 amide bonds. The quantitative estimate of drug-likeness (QED) is 0.540. The molecular formula is C19H16N2O4. The summed E-state index contributed by atoms with van der Waals surface area (Å²) in [6.07, 6.45) is 0. The highest BCUT2D eigenvalue weighted by molar-refractivity contribution is 5.95. The molecule has 3 aromatic rings. The number of hydrogen-bond acceptors (Lipinski definition) is 6. The minimum atomic E-state index is -0.507.